The lowest BCUT2D eigenvalue weighted by atomic mass is 9.80. The molecule has 43 heavy (non-hydrogen) atoms. The molecule has 0 aliphatic heterocycles. The molecule has 0 saturated heterocycles. The Morgan fingerprint density at radius 1 is 0.628 bits per heavy atom. The normalized spacial score (nSPS) is 12.9. The first-order valence-corrected chi connectivity index (χ1v) is 14.9. The first kappa shape index (κ1) is 26.1. The van der Waals surface area contributed by atoms with Crippen LogP contribution in [0.15, 0.2) is 114 Å². The Labute approximate surface area is 250 Å². The van der Waals surface area contributed by atoms with Gasteiger partial charge in [-0.1, -0.05) is 84.9 Å². The maximum atomic E-state index is 10.7. The molecule has 0 atom stereocenters. The highest BCUT2D eigenvalue weighted by Crippen LogP contribution is 2.42. The Morgan fingerprint density at radius 2 is 1.21 bits per heavy atom. The molecule has 0 unspecified atom stereocenters. The fourth-order valence-corrected chi connectivity index (χ4v) is 6.44. The molecule has 2 heterocycles. The molecule has 0 amide bonds. The molecular weight excluding hydrogens is 529 g/mol. The van der Waals surface area contributed by atoms with Crippen LogP contribution in [0.5, 0.6) is 0 Å². The number of para-hydroxylation sites is 1. The standard InChI is InChI=1S/C38H32BNO3/c1-37(2,41)38(3,4)43-39-28-16-10-18-32-33(28)27-15-9-17-31(36(27)42-32)40-29-21-19-23-11-5-7-13-25(23)34(29)35-26-14-8-6-12-24(26)20-22-30(35)40/h5-22,39,41H,1-4H3. The number of benzene rings is 6. The molecule has 4 nitrogen and oxygen atoms in total. The third-order valence-corrected chi connectivity index (χ3v) is 9.44. The van der Waals surface area contributed by atoms with E-state index < -0.39 is 11.2 Å². The van der Waals surface area contributed by atoms with Crippen LogP contribution in [0, 0.1) is 0 Å². The van der Waals surface area contributed by atoms with Crippen LogP contribution in [0.3, 0.4) is 0 Å². The number of aromatic nitrogens is 1. The van der Waals surface area contributed by atoms with Crippen molar-refractivity contribution >= 4 is 78.2 Å². The topological polar surface area (TPSA) is 47.5 Å². The molecule has 210 valence electrons. The smallest absolute Gasteiger partial charge is 0.310 e. The van der Waals surface area contributed by atoms with Crippen LogP contribution in [-0.2, 0) is 4.65 Å². The highest BCUT2D eigenvalue weighted by Gasteiger charge is 2.36. The summed E-state index contributed by atoms with van der Waals surface area (Å²) in [6.07, 6.45) is 0. The zero-order valence-corrected chi connectivity index (χ0v) is 24.8. The van der Waals surface area contributed by atoms with E-state index in [1.807, 2.05) is 26.0 Å². The van der Waals surface area contributed by atoms with Crippen LogP contribution in [0.2, 0.25) is 0 Å². The molecule has 0 saturated carbocycles. The van der Waals surface area contributed by atoms with Gasteiger partial charge in [0, 0.05) is 21.5 Å². The molecule has 6 aromatic carbocycles. The summed E-state index contributed by atoms with van der Waals surface area (Å²) in [7, 11) is 0.362. The van der Waals surface area contributed by atoms with Crippen molar-refractivity contribution in [3.8, 4) is 5.69 Å². The van der Waals surface area contributed by atoms with Gasteiger partial charge < -0.3 is 18.7 Å². The van der Waals surface area contributed by atoms with Crippen molar-refractivity contribution in [1.82, 2.24) is 4.57 Å². The Kier molecular flexibility index (Phi) is 5.59. The fourth-order valence-electron chi connectivity index (χ4n) is 6.44. The van der Waals surface area contributed by atoms with Crippen LogP contribution in [0.1, 0.15) is 27.7 Å². The summed E-state index contributed by atoms with van der Waals surface area (Å²) in [4.78, 5) is 0. The van der Waals surface area contributed by atoms with Crippen molar-refractivity contribution in [3.63, 3.8) is 0 Å². The van der Waals surface area contributed by atoms with Gasteiger partial charge in [-0.05, 0) is 79.0 Å². The molecule has 0 aliphatic rings. The first-order chi connectivity index (χ1) is 20.7. The number of hydrogen-bond donors (Lipinski definition) is 1. The van der Waals surface area contributed by atoms with Gasteiger partial charge >= 0.3 is 7.48 Å². The number of rotatable bonds is 5. The largest absolute Gasteiger partial charge is 0.454 e. The quantitative estimate of drug-likeness (QED) is 0.214. The minimum absolute atomic E-state index is 0.362. The minimum Gasteiger partial charge on any atom is -0.454 e. The average Bonchev–Trinajstić information content (AvgIpc) is 3.56. The predicted molar refractivity (Wildman–Crippen MR) is 181 cm³/mol. The van der Waals surface area contributed by atoms with Gasteiger partial charge in [-0.25, -0.2) is 0 Å². The Hall–Kier alpha value is -4.58. The maximum Gasteiger partial charge on any atom is 0.310 e. The first-order valence-electron chi connectivity index (χ1n) is 14.9. The number of nitrogens with zero attached hydrogens (tertiary/aromatic N) is 1. The third kappa shape index (κ3) is 3.85. The van der Waals surface area contributed by atoms with Gasteiger partial charge in [0.05, 0.1) is 27.9 Å². The highest BCUT2D eigenvalue weighted by atomic mass is 16.5. The molecular formula is C38H32BNO3. The molecule has 0 radical (unpaired) electrons. The number of hydrogen-bond acceptors (Lipinski definition) is 3. The van der Waals surface area contributed by atoms with Gasteiger partial charge in [0.15, 0.2) is 5.58 Å². The second-order valence-electron chi connectivity index (χ2n) is 12.6. The van der Waals surface area contributed by atoms with E-state index in [2.05, 4.69) is 102 Å². The lowest BCUT2D eigenvalue weighted by molar-refractivity contribution is -0.0893. The van der Waals surface area contributed by atoms with Crippen molar-refractivity contribution in [2.45, 2.75) is 38.9 Å². The molecule has 8 aromatic rings. The molecule has 0 aliphatic carbocycles. The van der Waals surface area contributed by atoms with Gasteiger partial charge in [-0.3, -0.25) is 0 Å². The highest BCUT2D eigenvalue weighted by molar-refractivity contribution is 6.53. The third-order valence-electron chi connectivity index (χ3n) is 9.44. The summed E-state index contributed by atoms with van der Waals surface area (Å²) in [6, 6.07) is 38.7. The van der Waals surface area contributed by atoms with Gasteiger partial charge in [-0.2, -0.15) is 0 Å². The summed E-state index contributed by atoms with van der Waals surface area (Å²) in [5.41, 5.74) is 4.27. The molecule has 0 spiro atoms. The van der Waals surface area contributed by atoms with E-state index in [1.54, 1.807) is 13.8 Å². The number of aliphatic hydroxyl groups is 1. The van der Waals surface area contributed by atoms with E-state index in [1.165, 1.54) is 32.3 Å². The van der Waals surface area contributed by atoms with Crippen molar-refractivity contribution in [2.24, 2.45) is 0 Å². The summed E-state index contributed by atoms with van der Waals surface area (Å²) in [6.45, 7) is 7.42. The van der Waals surface area contributed by atoms with Gasteiger partial charge in [0.2, 0.25) is 0 Å². The molecule has 5 heteroatoms. The summed E-state index contributed by atoms with van der Waals surface area (Å²) < 4.78 is 15.4. The summed E-state index contributed by atoms with van der Waals surface area (Å²) in [5.74, 6) is 0. The monoisotopic (exact) mass is 561 g/mol. The van der Waals surface area contributed by atoms with Crippen LogP contribution >= 0.6 is 0 Å². The van der Waals surface area contributed by atoms with Crippen LogP contribution in [-0.4, -0.2) is 28.4 Å². The number of fused-ring (bicyclic) bond motifs is 10. The predicted octanol–water partition coefficient (Wildman–Crippen LogP) is 8.53. The zero-order chi connectivity index (χ0) is 29.5. The lowest BCUT2D eigenvalue weighted by Gasteiger charge is -2.37. The van der Waals surface area contributed by atoms with E-state index >= 15 is 0 Å². The second-order valence-corrected chi connectivity index (χ2v) is 12.6. The molecule has 0 fully saturated rings. The Bertz CT molecular complexity index is 2280. The second kappa shape index (κ2) is 9.21. The molecule has 2 aromatic heterocycles. The van der Waals surface area contributed by atoms with Gasteiger partial charge in [0.25, 0.3) is 0 Å². The van der Waals surface area contributed by atoms with E-state index in [-0.39, 0.29) is 0 Å². The zero-order valence-electron chi connectivity index (χ0n) is 24.8. The Balaban J connectivity index is 1.43. The summed E-state index contributed by atoms with van der Waals surface area (Å²) in [5, 5.41) is 20.2. The number of furan rings is 1. The van der Waals surface area contributed by atoms with Crippen LogP contribution < -0.4 is 5.46 Å². The van der Waals surface area contributed by atoms with E-state index in [0.29, 0.717) is 7.48 Å². The van der Waals surface area contributed by atoms with Crippen LogP contribution in [0.25, 0.3) is 71.0 Å². The molecule has 0 bridgehead atoms. The molecule has 8 rings (SSSR count). The van der Waals surface area contributed by atoms with Crippen LogP contribution in [0.4, 0.5) is 0 Å². The fraction of sp³-hybridized carbons (Fsp3) is 0.158. The van der Waals surface area contributed by atoms with E-state index in [0.717, 1.165) is 44.1 Å². The van der Waals surface area contributed by atoms with E-state index in [9.17, 15) is 5.11 Å². The lowest BCUT2D eigenvalue weighted by Crippen LogP contribution is -2.49. The van der Waals surface area contributed by atoms with Gasteiger partial charge in [-0.15, -0.1) is 0 Å². The average molecular weight is 561 g/mol. The van der Waals surface area contributed by atoms with Gasteiger partial charge in [0.1, 0.15) is 5.58 Å². The van der Waals surface area contributed by atoms with Crippen molar-refractivity contribution in [3.05, 3.63) is 109 Å². The Morgan fingerprint density at radius 3 is 1.84 bits per heavy atom. The summed E-state index contributed by atoms with van der Waals surface area (Å²) >= 11 is 0. The molecule has 1 N–H and O–H groups in total. The SMILES string of the molecule is CC(C)(O)C(C)(C)OBc1cccc2oc3c(-n4c5ccc6ccccc6c5c5c6ccccc6ccc54)cccc3c12. The minimum atomic E-state index is -0.989. The van der Waals surface area contributed by atoms with Crippen molar-refractivity contribution in [1.29, 1.82) is 0 Å². The van der Waals surface area contributed by atoms with Crippen molar-refractivity contribution < 1.29 is 14.2 Å². The maximum absolute atomic E-state index is 10.7. The van der Waals surface area contributed by atoms with E-state index in [4.69, 9.17) is 9.07 Å². The van der Waals surface area contributed by atoms with Crippen molar-refractivity contribution in [2.75, 3.05) is 0 Å².